The predicted molar refractivity (Wildman–Crippen MR) is 106 cm³/mol. The van der Waals surface area contributed by atoms with Crippen molar-refractivity contribution in [3.8, 4) is 0 Å². The molecule has 136 valence electrons. The molecule has 0 bridgehead atoms. The van der Waals surface area contributed by atoms with Crippen LogP contribution in [-0.2, 0) is 4.74 Å². The lowest BCUT2D eigenvalue weighted by atomic mass is 10.0. The number of pyridine rings is 2. The summed E-state index contributed by atoms with van der Waals surface area (Å²) in [7, 11) is 0. The molecule has 1 aliphatic heterocycles. The number of allylic oxidation sites excluding steroid dienone is 2. The number of hydrogen-bond donors (Lipinski definition) is 3. The summed E-state index contributed by atoms with van der Waals surface area (Å²) < 4.78 is 5.37. The van der Waals surface area contributed by atoms with Gasteiger partial charge in [-0.3, -0.25) is 4.98 Å². The highest BCUT2D eigenvalue weighted by atomic mass is 16.5. The van der Waals surface area contributed by atoms with Crippen LogP contribution in [-0.4, -0.2) is 23.2 Å². The van der Waals surface area contributed by atoms with Crippen LogP contribution >= 0.6 is 0 Å². The molecule has 1 aliphatic rings. The molecule has 0 amide bonds. The van der Waals surface area contributed by atoms with Crippen molar-refractivity contribution < 1.29 is 4.74 Å². The number of ether oxygens (including phenoxy) is 1. The molecule has 6 nitrogen and oxygen atoms in total. The van der Waals surface area contributed by atoms with Gasteiger partial charge in [0.15, 0.2) is 0 Å². The van der Waals surface area contributed by atoms with Crippen LogP contribution < -0.4 is 16.8 Å². The van der Waals surface area contributed by atoms with Gasteiger partial charge in [0.1, 0.15) is 11.6 Å². The maximum Gasteiger partial charge on any atom is 0.132 e. The van der Waals surface area contributed by atoms with Gasteiger partial charge in [0.2, 0.25) is 0 Å². The second-order valence-corrected chi connectivity index (χ2v) is 6.56. The van der Waals surface area contributed by atoms with Gasteiger partial charge >= 0.3 is 0 Å². The minimum atomic E-state index is 0.296. The van der Waals surface area contributed by atoms with E-state index in [0.29, 0.717) is 24.2 Å². The summed E-state index contributed by atoms with van der Waals surface area (Å²) in [4.78, 5) is 9.16. The Morgan fingerprint density at radius 2 is 2.15 bits per heavy atom. The Bertz CT molecular complexity index is 883. The van der Waals surface area contributed by atoms with Crippen LogP contribution in [0, 0.1) is 5.92 Å². The van der Waals surface area contributed by atoms with E-state index in [1.54, 1.807) is 6.20 Å². The smallest absolute Gasteiger partial charge is 0.132 e. The quantitative estimate of drug-likeness (QED) is 0.716. The van der Waals surface area contributed by atoms with Crippen molar-refractivity contribution >= 4 is 22.4 Å². The highest BCUT2D eigenvalue weighted by Gasteiger charge is 2.09. The van der Waals surface area contributed by atoms with Crippen molar-refractivity contribution in [3.63, 3.8) is 0 Å². The first-order valence-corrected chi connectivity index (χ1v) is 8.76. The predicted octanol–water partition coefficient (Wildman–Crippen LogP) is 3.14. The summed E-state index contributed by atoms with van der Waals surface area (Å²) in [6.07, 6.45) is 8.29. The fraction of sp³-hybridized carbons (Fsp3) is 0.300. The Labute approximate surface area is 153 Å². The Morgan fingerprint density at radius 3 is 2.85 bits per heavy atom. The summed E-state index contributed by atoms with van der Waals surface area (Å²) >= 11 is 0. The Balaban J connectivity index is 1.86. The minimum Gasteiger partial charge on any atom is -0.404 e. The molecule has 2 aromatic rings. The Morgan fingerprint density at radius 1 is 1.31 bits per heavy atom. The van der Waals surface area contributed by atoms with Crippen LogP contribution in [0.1, 0.15) is 25.8 Å². The third kappa shape index (κ3) is 4.21. The maximum atomic E-state index is 6.09. The van der Waals surface area contributed by atoms with E-state index in [1.807, 2.05) is 24.4 Å². The van der Waals surface area contributed by atoms with Gasteiger partial charge in [-0.05, 0) is 59.5 Å². The molecule has 0 radical (unpaired) electrons. The lowest BCUT2D eigenvalue weighted by Gasteiger charge is -2.14. The normalized spacial score (nSPS) is 16.0. The van der Waals surface area contributed by atoms with E-state index in [1.165, 1.54) is 5.57 Å². The molecule has 0 fully saturated rings. The molecule has 3 rings (SSSR count). The average Bonchev–Trinajstić information content (AvgIpc) is 2.66. The highest BCUT2D eigenvalue weighted by Crippen LogP contribution is 2.24. The lowest BCUT2D eigenvalue weighted by Crippen LogP contribution is -2.12. The fourth-order valence-electron chi connectivity index (χ4n) is 2.81. The average molecular weight is 351 g/mol. The molecule has 2 aromatic heterocycles. The molecule has 26 heavy (non-hydrogen) atoms. The van der Waals surface area contributed by atoms with Crippen LogP contribution in [0.3, 0.4) is 0 Å². The molecule has 0 atom stereocenters. The zero-order valence-electron chi connectivity index (χ0n) is 15.2. The number of aromatic nitrogens is 2. The largest absolute Gasteiger partial charge is 0.404 e. The van der Waals surface area contributed by atoms with E-state index in [4.69, 9.17) is 16.2 Å². The molecule has 0 saturated heterocycles. The molecule has 3 heterocycles. The first-order valence-electron chi connectivity index (χ1n) is 8.76. The SMILES string of the molecule is CC(C)C(=C/N)/C=C(\N)Nc1ccc2ncc(C3=CCOCC3)cc2n1. The number of anilines is 1. The van der Waals surface area contributed by atoms with Crippen molar-refractivity contribution in [2.24, 2.45) is 17.4 Å². The number of nitrogens with two attached hydrogens (primary N) is 2. The first-order chi connectivity index (χ1) is 12.6. The van der Waals surface area contributed by atoms with Crippen LogP contribution in [0.25, 0.3) is 16.6 Å². The van der Waals surface area contributed by atoms with Crippen molar-refractivity contribution in [1.29, 1.82) is 0 Å². The number of nitrogens with one attached hydrogen (secondary N) is 1. The summed E-state index contributed by atoms with van der Waals surface area (Å²) in [6.45, 7) is 5.52. The summed E-state index contributed by atoms with van der Waals surface area (Å²) in [5.41, 5.74) is 16.7. The van der Waals surface area contributed by atoms with E-state index in [2.05, 4.69) is 41.3 Å². The number of rotatable bonds is 5. The summed E-state index contributed by atoms with van der Waals surface area (Å²) in [5, 5.41) is 3.12. The van der Waals surface area contributed by atoms with Crippen molar-refractivity contribution in [3.05, 3.63) is 59.7 Å². The topological polar surface area (TPSA) is 99.1 Å². The first kappa shape index (κ1) is 17.9. The van der Waals surface area contributed by atoms with E-state index >= 15 is 0 Å². The Kier molecular flexibility index (Phi) is 5.53. The van der Waals surface area contributed by atoms with E-state index in [0.717, 1.165) is 35.2 Å². The van der Waals surface area contributed by atoms with Gasteiger partial charge in [0.25, 0.3) is 0 Å². The third-order valence-electron chi connectivity index (χ3n) is 4.33. The summed E-state index contributed by atoms with van der Waals surface area (Å²) in [6, 6.07) is 5.86. The van der Waals surface area contributed by atoms with Gasteiger partial charge in [-0.15, -0.1) is 0 Å². The molecule has 0 spiro atoms. The van der Waals surface area contributed by atoms with Crippen LogP contribution in [0.5, 0.6) is 0 Å². The van der Waals surface area contributed by atoms with Crippen molar-refractivity contribution in [2.45, 2.75) is 20.3 Å². The third-order valence-corrected chi connectivity index (χ3v) is 4.33. The molecular formula is C20H25N5O. The molecule has 0 saturated carbocycles. The van der Waals surface area contributed by atoms with Gasteiger partial charge in [-0.25, -0.2) is 4.98 Å². The van der Waals surface area contributed by atoms with Crippen LogP contribution in [0.4, 0.5) is 5.82 Å². The molecular weight excluding hydrogens is 326 g/mol. The monoisotopic (exact) mass is 351 g/mol. The second kappa shape index (κ2) is 8.01. The number of hydrogen-bond acceptors (Lipinski definition) is 6. The van der Waals surface area contributed by atoms with Gasteiger partial charge in [-0.1, -0.05) is 19.9 Å². The van der Waals surface area contributed by atoms with E-state index in [-0.39, 0.29) is 0 Å². The maximum absolute atomic E-state index is 6.09. The zero-order valence-corrected chi connectivity index (χ0v) is 15.2. The van der Waals surface area contributed by atoms with Crippen molar-refractivity contribution in [2.75, 3.05) is 18.5 Å². The van der Waals surface area contributed by atoms with E-state index < -0.39 is 0 Å². The number of fused-ring (bicyclic) bond motifs is 1. The second-order valence-electron chi connectivity index (χ2n) is 6.56. The lowest BCUT2D eigenvalue weighted by molar-refractivity contribution is 0.161. The van der Waals surface area contributed by atoms with E-state index in [9.17, 15) is 0 Å². The van der Waals surface area contributed by atoms with Gasteiger partial charge in [0.05, 0.1) is 24.2 Å². The van der Waals surface area contributed by atoms with Gasteiger partial charge in [-0.2, -0.15) is 0 Å². The molecule has 0 aliphatic carbocycles. The van der Waals surface area contributed by atoms with Crippen molar-refractivity contribution in [1.82, 2.24) is 9.97 Å². The zero-order chi connectivity index (χ0) is 18.5. The molecule has 0 aromatic carbocycles. The molecule has 6 heteroatoms. The number of nitrogens with zero attached hydrogens (tertiary/aromatic N) is 2. The molecule has 0 unspecified atom stereocenters. The minimum absolute atomic E-state index is 0.296. The highest BCUT2D eigenvalue weighted by molar-refractivity contribution is 5.81. The molecule has 5 N–H and O–H groups in total. The van der Waals surface area contributed by atoms with Crippen LogP contribution in [0.15, 0.2) is 54.1 Å². The van der Waals surface area contributed by atoms with Gasteiger partial charge < -0.3 is 21.5 Å². The Hall–Kier alpha value is -2.86. The van der Waals surface area contributed by atoms with Gasteiger partial charge in [0, 0.05) is 6.20 Å². The summed E-state index contributed by atoms with van der Waals surface area (Å²) in [5.74, 6) is 1.47. The fourth-order valence-corrected chi connectivity index (χ4v) is 2.81. The standard InChI is InChI=1S/C20H25N5O/c1-13(2)15(11-21)10-19(22)25-20-4-3-17-18(24-20)9-16(12-23-17)14-5-7-26-8-6-14/h3-5,9-13H,6-8,21-22H2,1-2H3,(H,24,25)/b15-11+,19-10+. The van der Waals surface area contributed by atoms with Crippen LogP contribution in [0.2, 0.25) is 0 Å².